The van der Waals surface area contributed by atoms with Gasteiger partial charge in [-0.15, -0.1) is 0 Å². The summed E-state index contributed by atoms with van der Waals surface area (Å²) in [5.74, 6) is -1.42. The number of amides is 1. The molecule has 1 aromatic heterocycles. The third-order valence-electron chi connectivity index (χ3n) is 6.17. The highest BCUT2D eigenvalue weighted by Gasteiger charge is 2.35. The van der Waals surface area contributed by atoms with Gasteiger partial charge in [-0.25, -0.2) is 17.5 Å². The van der Waals surface area contributed by atoms with E-state index in [2.05, 4.69) is 10.4 Å². The zero-order valence-electron chi connectivity index (χ0n) is 19.9. The van der Waals surface area contributed by atoms with Crippen molar-refractivity contribution < 1.29 is 17.6 Å². The molecule has 0 radical (unpaired) electrons. The van der Waals surface area contributed by atoms with Crippen molar-refractivity contribution in [1.82, 2.24) is 15.1 Å². The molecular weight excluding hydrogens is 513 g/mol. The number of carbonyl (C=O) groups excluding carboxylic acids is 1. The summed E-state index contributed by atoms with van der Waals surface area (Å²) < 4.78 is 41.0. The Labute approximate surface area is 219 Å². The number of nitrogens with one attached hydrogen (secondary N) is 1. The van der Waals surface area contributed by atoms with E-state index in [-0.39, 0.29) is 23.2 Å². The molecule has 1 aliphatic rings. The molecule has 1 aliphatic heterocycles. The van der Waals surface area contributed by atoms with Crippen LogP contribution in [0.3, 0.4) is 0 Å². The van der Waals surface area contributed by atoms with Crippen molar-refractivity contribution in [3.8, 4) is 5.69 Å². The summed E-state index contributed by atoms with van der Waals surface area (Å²) >= 11 is 6.08. The Bertz CT molecular complexity index is 1600. The van der Waals surface area contributed by atoms with Gasteiger partial charge in [0.1, 0.15) is 5.82 Å². The van der Waals surface area contributed by atoms with Crippen molar-refractivity contribution >= 4 is 39.0 Å². The molecule has 37 heavy (non-hydrogen) atoms. The molecular formula is C28H23ClFN3O3S. The van der Waals surface area contributed by atoms with Crippen LogP contribution in [-0.2, 0) is 15.6 Å². The maximum Gasteiger partial charge on any atom is 0.272 e. The summed E-state index contributed by atoms with van der Waals surface area (Å²) in [6.45, 7) is 1.85. The Kier molecular flexibility index (Phi) is 6.70. The molecule has 1 amide bonds. The Hall–Kier alpha value is -3.75. The average molecular weight is 536 g/mol. The zero-order valence-corrected chi connectivity index (χ0v) is 21.4. The first-order chi connectivity index (χ1) is 17.7. The standard InChI is InChI=1S/C28H23ClFN3O3S/c1-18(20-5-3-2-4-6-20)31-28(34)26-25-17-37(35,36)16-21(15-19-7-11-23(30)12-8-19)27(25)33(32-26)24-13-9-22(29)10-14-24/h2-15,18H,16-17H2,1H3,(H,31,34)/b21-15+/t18-/m1/s1. The number of hydrogen-bond donors (Lipinski definition) is 1. The second-order valence-electron chi connectivity index (χ2n) is 8.92. The molecule has 2 heterocycles. The first-order valence-electron chi connectivity index (χ1n) is 11.6. The number of rotatable bonds is 5. The number of hydrogen-bond acceptors (Lipinski definition) is 4. The second-order valence-corrected chi connectivity index (χ2v) is 11.4. The van der Waals surface area contributed by atoms with Crippen LogP contribution in [0.25, 0.3) is 17.3 Å². The first kappa shape index (κ1) is 24.9. The molecule has 1 atom stereocenters. The number of aromatic nitrogens is 2. The van der Waals surface area contributed by atoms with Gasteiger partial charge < -0.3 is 5.32 Å². The van der Waals surface area contributed by atoms with Crippen molar-refractivity contribution in [3.63, 3.8) is 0 Å². The fraction of sp³-hybridized carbons (Fsp3) is 0.143. The van der Waals surface area contributed by atoms with Crippen molar-refractivity contribution in [2.75, 3.05) is 5.75 Å². The number of fused-ring (bicyclic) bond motifs is 1. The summed E-state index contributed by atoms with van der Waals surface area (Å²) in [5, 5.41) is 8.08. The van der Waals surface area contributed by atoms with E-state index < -0.39 is 21.6 Å². The fourth-order valence-electron chi connectivity index (χ4n) is 4.40. The van der Waals surface area contributed by atoms with E-state index in [0.29, 0.717) is 33.1 Å². The summed E-state index contributed by atoms with van der Waals surface area (Å²) in [5.41, 5.74) is 3.52. The molecule has 4 aromatic rings. The van der Waals surface area contributed by atoms with Crippen LogP contribution in [0.5, 0.6) is 0 Å². The van der Waals surface area contributed by atoms with Crippen LogP contribution < -0.4 is 5.32 Å². The van der Waals surface area contributed by atoms with Gasteiger partial charge in [-0.2, -0.15) is 5.10 Å². The van der Waals surface area contributed by atoms with Gasteiger partial charge in [-0.1, -0.05) is 54.1 Å². The summed E-state index contributed by atoms with van der Waals surface area (Å²) in [6, 6.07) is 21.8. The van der Waals surface area contributed by atoms with Crippen LogP contribution in [0.2, 0.25) is 5.02 Å². The monoisotopic (exact) mass is 535 g/mol. The largest absolute Gasteiger partial charge is 0.344 e. The number of sulfone groups is 1. The molecule has 188 valence electrons. The van der Waals surface area contributed by atoms with Gasteiger partial charge >= 0.3 is 0 Å². The summed E-state index contributed by atoms with van der Waals surface area (Å²) in [6.07, 6.45) is 1.69. The van der Waals surface area contributed by atoms with E-state index in [4.69, 9.17) is 11.6 Å². The highest BCUT2D eigenvalue weighted by molar-refractivity contribution is 7.91. The Morgan fingerprint density at radius 2 is 1.70 bits per heavy atom. The van der Waals surface area contributed by atoms with Crippen molar-refractivity contribution in [3.05, 3.63) is 118 Å². The van der Waals surface area contributed by atoms with Gasteiger partial charge in [-0.05, 0) is 66.1 Å². The van der Waals surface area contributed by atoms with Crippen molar-refractivity contribution in [2.24, 2.45) is 0 Å². The highest BCUT2D eigenvalue weighted by atomic mass is 35.5. The van der Waals surface area contributed by atoms with Crippen molar-refractivity contribution in [1.29, 1.82) is 0 Å². The van der Waals surface area contributed by atoms with Crippen LogP contribution in [0.4, 0.5) is 4.39 Å². The Morgan fingerprint density at radius 3 is 2.38 bits per heavy atom. The van der Waals surface area contributed by atoms with E-state index in [9.17, 15) is 17.6 Å². The normalized spacial score (nSPS) is 16.2. The van der Waals surface area contributed by atoms with E-state index >= 15 is 0 Å². The minimum absolute atomic E-state index is 0.0426. The molecule has 0 aliphatic carbocycles. The van der Waals surface area contributed by atoms with Crippen LogP contribution in [0.1, 0.15) is 45.8 Å². The van der Waals surface area contributed by atoms with Gasteiger partial charge in [0.25, 0.3) is 5.91 Å². The number of nitrogens with zero attached hydrogens (tertiary/aromatic N) is 2. The Morgan fingerprint density at radius 1 is 1.03 bits per heavy atom. The minimum atomic E-state index is -3.58. The van der Waals surface area contributed by atoms with E-state index in [1.54, 1.807) is 47.2 Å². The molecule has 5 rings (SSSR count). The predicted octanol–water partition coefficient (Wildman–Crippen LogP) is 5.62. The second kappa shape index (κ2) is 9.95. The maximum atomic E-state index is 13.5. The molecule has 1 N–H and O–H groups in total. The quantitative estimate of drug-likeness (QED) is 0.359. The molecule has 6 nitrogen and oxygen atoms in total. The van der Waals surface area contributed by atoms with Crippen LogP contribution >= 0.6 is 11.6 Å². The van der Waals surface area contributed by atoms with E-state index in [0.717, 1.165) is 5.56 Å². The third-order valence-corrected chi connectivity index (χ3v) is 7.90. The molecule has 0 unspecified atom stereocenters. The lowest BCUT2D eigenvalue weighted by Gasteiger charge is -2.19. The maximum absolute atomic E-state index is 13.5. The number of halogens is 2. The van der Waals surface area contributed by atoms with E-state index in [1.807, 2.05) is 37.3 Å². The van der Waals surface area contributed by atoms with Crippen LogP contribution in [0.15, 0.2) is 78.9 Å². The van der Waals surface area contributed by atoms with Gasteiger partial charge in [-0.3, -0.25) is 4.79 Å². The summed E-state index contributed by atoms with van der Waals surface area (Å²) in [4.78, 5) is 13.4. The fourth-order valence-corrected chi connectivity index (χ4v) is 6.04. The van der Waals surface area contributed by atoms with Gasteiger partial charge in [0.2, 0.25) is 0 Å². The molecule has 0 fully saturated rings. The molecule has 3 aromatic carbocycles. The zero-order chi connectivity index (χ0) is 26.2. The molecule has 0 saturated carbocycles. The van der Waals surface area contributed by atoms with Crippen molar-refractivity contribution in [2.45, 2.75) is 18.7 Å². The molecule has 9 heteroatoms. The lowest BCUT2D eigenvalue weighted by Crippen LogP contribution is -2.29. The minimum Gasteiger partial charge on any atom is -0.344 e. The summed E-state index contributed by atoms with van der Waals surface area (Å²) in [7, 11) is -3.58. The average Bonchev–Trinajstić information content (AvgIpc) is 3.25. The Balaban J connectivity index is 1.65. The van der Waals surface area contributed by atoms with E-state index in [1.165, 1.54) is 12.1 Å². The SMILES string of the molecule is C[C@@H](NC(=O)c1nn(-c2ccc(Cl)cc2)c2c1CS(=O)(=O)C/C2=C\c1ccc(F)cc1)c1ccccc1. The van der Waals surface area contributed by atoms with Gasteiger partial charge in [0.15, 0.2) is 15.5 Å². The molecule has 0 spiro atoms. The predicted molar refractivity (Wildman–Crippen MR) is 143 cm³/mol. The first-order valence-corrected chi connectivity index (χ1v) is 13.8. The van der Waals surface area contributed by atoms with Crippen LogP contribution in [-0.4, -0.2) is 29.9 Å². The lowest BCUT2D eigenvalue weighted by atomic mass is 10.0. The lowest BCUT2D eigenvalue weighted by molar-refractivity contribution is 0.0933. The molecule has 0 bridgehead atoms. The topological polar surface area (TPSA) is 81.1 Å². The third kappa shape index (κ3) is 5.35. The highest BCUT2D eigenvalue weighted by Crippen LogP contribution is 2.35. The molecule has 0 saturated heterocycles. The van der Waals surface area contributed by atoms with Gasteiger partial charge in [0, 0.05) is 10.6 Å². The van der Waals surface area contributed by atoms with Gasteiger partial charge in [0.05, 0.1) is 28.9 Å². The number of carbonyl (C=O) groups is 1. The van der Waals surface area contributed by atoms with Crippen LogP contribution in [0, 0.1) is 5.82 Å². The number of benzene rings is 3. The smallest absolute Gasteiger partial charge is 0.272 e.